The van der Waals surface area contributed by atoms with Gasteiger partial charge >= 0.3 is 0 Å². The van der Waals surface area contributed by atoms with Crippen LogP contribution in [0.25, 0.3) is 0 Å². The number of halogens is 2. The molecule has 0 bridgehead atoms. The summed E-state index contributed by atoms with van der Waals surface area (Å²) in [4.78, 5) is -0.0670. The molecule has 0 aliphatic rings. The molecule has 0 aliphatic carbocycles. The molecule has 20 heavy (non-hydrogen) atoms. The van der Waals surface area contributed by atoms with Gasteiger partial charge in [-0.3, -0.25) is 4.72 Å². The number of rotatable bonds is 3. The van der Waals surface area contributed by atoms with Gasteiger partial charge in [0.05, 0.1) is 16.3 Å². The lowest BCUT2D eigenvalue weighted by atomic mass is 10.2. The van der Waals surface area contributed by atoms with Crippen molar-refractivity contribution in [2.24, 2.45) is 0 Å². The first-order chi connectivity index (χ1) is 9.29. The summed E-state index contributed by atoms with van der Waals surface area (Å²) in [7, 11) is -3.92. The van der Waals surface area contributed by atoms with Crippen molar-refractivity contribution in [2.45, 2.75) is 11.8 Å². The van der Waals surface area contributed by atoms with Crippen LogP contribution in [-0.2, 0) is 10.0 Å². The van der Waals surface area contributed by atoms with Crippen molar-refractivity contribution in [3.05, 3.63) is 53.6 Å². The third kappa shape index (κ3) is 2.88. The molecule has 0 amide bonds. The Balaban J connectivity index is 2.41. The number of hydrogen-bond acceptors (Lipinski definition) is 3. The number of nitrogens with one attached hydrogen (secondary N) is 1. The van der Waals surface area contributed by atoms with Gasteiger partial charge in [0.25, 0.3) is 10.0 Å². The minimum absolute atomic E-state index is 0.0339. The molecule has 0 unspecified atom stereocenters. The SMILES string of the molecule is Cc1cc(F)ccc1S(=O)(=O)Nc1ccc(F)cc1N. The number of sulfonamides is 1. The van der Waals surface area contributed by atoms with Crippen LogP contribution in [-0.4, -0.2) is 8.42 Å². The van der Waals surface area contributed by atoms with Crippen LogP contribution in [0.4, 0.5) is 20.2 Å². The molecule has 106 valence electrons. The van der Waals surface area contributed by atoms with E-state index < -0.39 is 21.7 Å². The van der Waals surface area contributed by atoms with E-state index in [0.717, 1.165) is 30.3 Å². The quantitative estimate of drug-likeness (QED) is 0.856. The fourth-order valence-electron chi connectivity index (χ4n) is 1.74. The first-order valence-corrected chi connectivity index (χ1v) is 7.12. The number of nitrogen functional groups attached to an aromatic ring is 1. The summed E-state index contributed by atoms with van der Waals surface area (Å²) in [5.41, 5.74) is 5.84. The summed E-state index contributed by atoms with van der Waals surface area (Å²) in [5, 5.41) is 0. The van der Waals surface area contributed by atoms with E-state index in [9.17, 15) is 17.2 Å². The van der Waals surface area contributed by atoms with Gasteiger partial charge in [-0.1, -0.05) is 0 Å². The summed E-state index contributed by atoms with van der Waals surface area (Å²) in [6, 6.07) is 6.65. The van der Waals surface area contributed by atoms with E-state index in [2.05, 4.69) is 4.72 Å². The van der Waals surface area contributed by atoms with Crippen LogP contribution < -0.4 is 10.5 Å². The highest BCUT2D eigenvalue weighted by molar-refractivity contribution is 7.92. The average Bonchev–Trinajstić information content (AvgIpc) is 2.32. The van der Waals surface area contributed by atoms with E-state index in [0.29, 0.717) is 0 Å². The zero-order chi connectivity index (χ0) is 14.9. The highest BCUT2D eigenvalue weighted by Crippen LogP contribution is 2.24. The fraction of sp³-hybridized carbons (Fsp3) is 0.0769. The molecule has 0 aromatic heterocycles. The van der Waals surface area contributed by atoms with Crippen molar-refractivity contribution < 1.29 is 17.2 Å². The standard InChI is InChI=1S/C13H12F2N2O2S/c1-8-6-9(14)3-5-13(8)20(18,19)17-12-4-2-10(15)7-11(12)16/h2-7,17H,16H2,1H3. The van der Waals surface area contributed by atoms with Crippen LogP contribution in [0, 0.1) is 18.6 Å². The van der Waals surface area contributed by atoms with Crippen LogP contribution in [0.5, 0.6) is 0 Å². The maximum absolute atomic E-state index is 13.0. The second-order valence-electron chi connectivity index (χ2n) is 4.25. The number of hydrogen-bond donors (Lipinski definition) is 2. The van der Waals surface area contributed by atoms with Crippen molar-refractivity contribution in [1.29, 1.82) is 0 Å². The molecular weight excluding hydrogens is 286 g/mol. The molecule has 2 aromatic carbocycles. The minimum atomic E-state index is -3.92. The van der Waals surface area contributed by atoms with Crippen LogP contribution in [0.3, 0.4) is 0 Å². The Morgan fingerprint density at radius 3 is 2.25 bits per heavy atom. The lowest BCUT2D eigenvalue weighted by molar-refractivity contribution is 0.598. The Bertz CT molecular complexity index is 761. The van der Waals surface area contributed by atoms with Crippen molar-refractivity contribution in [3.8, 4) is 0 Å². The lowest BCUT2D eigenvalue weighted by Crippen LogP contribution is -2.15. The van der Waals surface area contributed by atoms with Crippen molar-refractivity contribution in [2.75, 3.05) is 10.5 Å². The second-order valence-corrected chi connectivity index (χ2v) is 5.90. The van der Waals surface area contributed by atoms with Gasteiger partial charge < -0.3 is 5.73 Å². The summed E-state index contributed by atoms with van der Waals surface area (Å²) >= 11 is 0. The van der Waals surface area contributed by atoms with Crippen molar-refractivity contribution >= 4 is 21.4 Å². The summed E-state index contributed by atoms with van der Waals surface area (Å²) in [6.07, 6.45) is 0. The maximum Gasteiger partial charge on any atom is 0.262 e. The molecule has 0 atom stereocenters. The monoisotopic (exact) mass is 298 g/mol. The average molecular weight is 298 g/mol. The Labute approximate surface area is 115 Å². The number of nitrogens with two attached hydrogens (primary N) is 1. The molecule has 0 radical (unpaired) electrons. The molecule has 0 aliphatic heterocycles. The summed E-state index contributed by atoms with van der Waals surface area (Å²) in [5.74, 6) is -1.09. The fourth-order valence-corrected chi connectivity index (χ4v) is 3.06. The van der Waals surface area contributed by atoms with Gasteiger partial charge in [-0.25, -0.2) is 17.2 Å². The van der Waals surface area contributed by atoms with E-state index >= 15 is 0 Å². The van der Waals surface area contributed by atoms with E-state index in [4.69, 9.17) is 5.73 Å². The molecule has 0 fully saturated rings. The van der Waals surface area contributed by atoms with Gasteiger partial charge in [0.2, 0.25) is 0 Å². The first-order valence-electron chi connectivity index (χ1n) is 5.63. The topological polar surface area (TPSA) is 72.2 Å². The molecule has 0 saturated carbocycles. The predicted octanol–water partition coefficient (Wildman–Crippen LogP) is 2.66. The molecule has 0 spiro atoms. The molecule has 2 aromatic rings. The van der Waals surface area contributed by atoms with E-state index in [-0.39, 0.29) is 21.8 Å². The lowest BCUT2D eigenvalue weighted by Gasteiger charge is -2.12. The normalized spacial score (nSPS) is 11.3. The second kappa shape index (κ2) is 5.09. The predicted molar refractivity (Wildman–Crippen MR) is 72.8 cm³/mol. The van der Waals surface area contributed by atoms with Gasteiger partial charge in [0.15, 0.2) is 0 Å². The van der Waals surface area contributed by atoms with Crippen molar-refractivity contribution in [1.82, 2.24) is 0 Å². The molecule has 4 nitrogen and oxygen atoms in total. The third-order valence-corrected chi connectivity index (χ3v) is 4.21. The smallest absolute Gasteiger partial charge is 0.262 e. The molecule has 0 heterocycles. The van der Waals surface area contributed by atoms with E-state index in [1.54, 1.807) is 0 Å². The van der Waals surface area contributed by atoms with Crippen molar-refractivity contribution in [3.63, 3.8) is 0 Å². The van der Waals surface area contributed by atoms with Gasteiger partial charge in [0, 0.05) is 0 Å². The Hall–Kier alpha value is -2.15. The highest BCUT2D eigenvalue weighted by Gasteiger charge is 2.18. The summed E-state index contributed by atoms with van der Waals surface area (Å²) < 4.78 is 52.5. The number of benzene rings is 2. The Kier molecular flexibility index (Phi) is 3.63. The molecule has 7 heteroatoms. The molecular formula is C13H12F2N2O2S. The zero-order valence-electron chi connectivity index (χ0n) is 10.5. The molecule has 3 N–H and O–H groups in total. The van der Waals surface area contributed by atoms with E-state index in [1.165, 1.54) is 13.0 Å². The van der Waals surface area contributed by atoms with Crippen LogP contribution in [0.2, 0.25) is 0 Å². The molecule has 2 rings (SSSR count). The number of anilines is 2. The van der Waals surface area contributed by atoms with Gasteiger partial charge in [0.1, 0.15) is 11.6 Å². The summed E-state index contributed by atoms with van der Waals surface area (Å²) in [6.45, 7) is 1.48. The van der Waals surface area contributed by atoms with Gasteiger partial charge in [-0.15, -0.1) is 0 Å². The van der Waals surface area contributed by atoms with Crippen LogP contribution >= 0.6 is 0 Å². The Morgan fingerprint density at radius 2 is 1.65 bits per heavy atom. The zero-order valence-corrected chi connectivity index (χ0v) is 11.3. The van der Waals surface area contributed by atoms with E-state index in [1.807, 2.05) is 0 Å². The minimum Gasteiger partial charge on any atom is -0.397 e. The number of aryl methyl sites for hydroxylation is 1. The third-order valence-electron chi connectivity index (χ3n) is 2.68. The van der Waals surface area contributed by atoms with Crippen LogP contribution in [0.15, 0.2) is 41.3 Å². The van der Waals surface area contributed by atoms with Gasteiger partial charge in [-0.05, 0) is 48.9 Å². The maximum atomic E-state index is 13.0. The van der Waals surface area contributed by atoms with Gasteiger partial charge in [-0.2, -0.15) is 0 Å². The first kappa shape index (κ1) is 14.3. The highest BCUT2D eigenvalue weighted by atomic mass is 32.2. The largest absolute Gasteiger partial charge is 0.397 e. The Morgan fingerprint density at radius 1 is 1.05 bits per heavy atom. The molecule has 0 saturated heterocycles. The van der Waals surface area contributed by atoms with Crippen LogP contribution in [0.1, 0.15) is 5.56 Å².